The lowest BCUT2D eigenvalue weighted by atomic mass is 9.78. The summed E-state index contributed by atoms with van der Waals surface area (Å²) in [5.41, 5.74) is 2.79. The van der Waals surface area contributed by atoms with Gasteiger partial charge in [-0.3, -0.25) is 11.3 Å². The summed E-state index contributed by atoms with van der Waals surface area (Å²) < 4.78 is 0. The van der Waals surface area contributed by atoms with E-state index in [4.69, 9.17) is 5.84 Å². The minimum atomic E-state index is 0.626. The number of rotatable bonds is 3. The Morgan fingerprint density at radius 1 is 1.56 bits per heavy atom. The van der Waals surface area contributed by atoms with E-state index in [1.165, 1.54) is 25.7 Å². The second-order valence-corrected chi connectivity index (χ2v) is 2.99. The van der Waals surface area contributed by atoms with Crippen molar-refractivity contribution in [1.29, 1.82) is 0 Å². The average Bonchev–Trinajstić information content (AvgIpc) is 1.77. The molecule has 0 saturated heterocycles. The lowest BCUT2D eigenvalue weighted by molar-refractivity contribution is 0.211. The van der Waals surface area contributed by atoms with Gasteiger partial charge in [-0.2, -0.15) is 0 Å². The monoisotopic (exact) mass is 128 g/mol. The molecule has 3 N–H and O–H groups in total. The van der Waals surface area contributed by atoms with Crippen molar-refractivity contribution < 1.29 is 0 Å². The first-order chi connectivity index (χ1) is 4.36. The van der Waals surface area contributed by atoms with Gasteiger partial charge in [0.15, 0.2) is 0 Å². The molecule has 0 aromatic rings. The van der Waals surface area contributed by atoms with E-state index < -0.39 is 0 Å². The van der Waals surface area contributed by atoms with E-state index >= 15 is 0 Å². The van der Waals surface area contributed by atoms with E-state index in [9.17, 15) is 0 Å². The van der Waals surface area contributed by atoms with Crippen molar-refractivity contribution in [3.63, 3.8) is 0 Å². The predicted octanol–water partition coefficient (Wildman–Crippen LogP) is 1.03. The van der Waals surface area contributed by atoms with Gasteiger partial charge in [0.1, 0.15) is 0 Å². The molecule has 1 aliphatic rings. The Kier molecular flexibility index (Phi) is 2.49. The first-order valence-corrected chi connectivity index (χ1v) is 3.83. The first-order valence-electron chi connectivity index (χ1n) is 3.83. The normalized spacial score (nSPS) is 34.0. The van der Waals surface area contributed by atoms with Crippen LogP contribution in [0.15, 0.2) is 0 Å². The molecule has 0 spiro atoms. The molecule has 9 heavy (non-hydrogen) atoms. The zero-order valence-electron chi connectivity index (χ0n) is 6.06. The SMILES string of the molecule is CCCC1CC(NN)C1. The van der Waals surface area contributed by atoms with Gasteiger partial charge in [0, 0.05) is 6.04 Å². The zero-order chi connectivity index (χ0) is 6.69. The fourth-order valence-electron chi connectivity index (χ4n) is 1.52. The van der Waals surface area contributed by atoms with Crippen molar-refractivity contribution >= 4 is 0 Å². The van der Waals surface area contributed by atoms with Crippen molar-refractivity contribution in [2.24, 2.45) is 11.8 Å². The van der Waals surface area contributed by atoms with Crippen molar-refractivity contribution in [3.05, 3.63) is 0 Å². The Morgan fingerprint density at radius 2 is 2.22 bits per heavy atom. The maximum Gasteiger partial charge on any atom is 0.0215 e. The van der Waals surface area contributed by atoms with E-state index in [1.807, 2.05) is 0 Å². The molecule has 0 unspecified atom stereocenters. The van der Waals surface area contributed by atoms with Crippen LogP contribution in [-0.2, 0) is 0 Å². The van der Waals surface area contributed by atoms with Gasteiger partial charge in [0.2, 0.25) is 0 Å². The third-order valence-electron chi connectivity index (χ3n) is 2.17. The largest absolute Gasteiger partial charge is 0.271 e. The molecular weight excluding hydrogens is 112 g/mol. The molecule has 1 saturated carbocycles. The number of hydrogen-bond donors (Lipinski definition) is 2. The summed E-state index contributed by atoms with van der Waals surface area (Å²) in [6.07, 6.45) is 5.30. The average molecular weight is 128 g/mol. The molecule has 0 amide bonds. The fourth-order valence-corrected chi connectivity index (χ4v) is 1.52. The molecule has 2 nitrogen and oxygen atoms in total. The van der Waals surface area contributed by atoms with Gasteiger partial charge in [0.25, 0.3) is 0 Å². The van der Waals surface area contributed by atoms with E-state index in [0.717, 1.165) is 5.92 Å². The van der Waals surface area contributed by atoms with Crippen LogP contribution in [0.25, 0.3) is 0 Å². The number of nitrogens with two attached hydrogens (primary N) is 1. The third-order valence-corrected chi connectivity index (χ3v) is 2.17. The standard InChI is InChI=1S/C7H16N2/c1-2-3-6-4-7(5-6)9-8/h6-7,9H,2-5,8H2,1H3. The molecule has 54 valence electrons. The molecule has 0 aliphatic heterocycles. The second kappa shape index (κ2) is 3.18. The van der Waals surface area contributed by atoms with Gasteiger partial charge in [-0.1, -0.05) is 19.8 Å². The summed E-state index contributed by atoms with van der Waals surface area (Å²) >= 11 is 0. The molecule has 1 rings (SSSR count). The lowest BCUT2D eigenvalue weighted by Gasteiger charge is -2.34. The highest BCUT2D eigenvalue weighted by Crippen LogP contribution is 2.30. The Morgan fingerprint density at radius 3 is 2.67 bits per heavy atom. The molecule has 1 aliphatic carbocycles. The van der Waals surface area contributed by atoms with Crippen LogP contribution in [0.2, 0.25) is 0 Å². The molecule has 0 aromatic heterocycles. The first kappa shape index (κ1) is 7.03. The Labute approximate surface area is 56.8 Å². The maximum atomic E-state index is 5.24. The smallest absolute Gasteiger partial charge is 0.0215 e. The fraction of sp³-hybridized carbons (Fsp3) is 1.00. The van der Waals surface area contributed by atoms with Crippen molar-refractivity contribution in [2.75, 3.05) is 0 Å². The zero-order valence-corrected chi connectivity index (χ0v) is 6.06. The minimum Gasteiger partial charge on any atom is -0.271 e. The van der Waals surface area contributed by atoms with E-state index in [-0.39, 0.29) is 0 Å². The molecular formula is C7H16N2. The highest BCUT2D eigenvalue weighted by atomic mass is 15.2. The molecule has 0 aromatic carbocycles. The highest BCUT2D eigenvalue weighted by molar-refractivity contribution is 4.82. The minimum absolute atomic E-state index is 0.626. The summed E-state index contributed by atoms with van der Waals surface area (Å²) in [4.78, 5) is 0. The van der Waals surface area contributed by atoms with Crippen LogP contribution in [0.3, 0.4) is 0 Å². The van der Waals surface area contributed by atoms with Gasteiger partial charge in [-0.25, -0.2) is 0 Å². The number of hydrogen-bond acceptors (Lipinski definition) is 2. The van der Waals surface area contributed by atoms with Crippen molar-refractivity contribution in [1.82, 2.24) is 5.43 Å². The molecule has 0 radical (unpaired) electrons. The van der Waals surface area contributed by atoms with Gasteiger partial charge in [-0.15, -0.1) is 0 Å². The van der Waals surface area contributed by atoms with Crippen LogP contribution in [0, 0.1) is 5.92 Å². The van der Waals surface area contributed by atoms with Crippen LogP contribution in [0.5, 0.6) is 0 Å². The Bertz CT molecular complexity index is 77.0. The third kappa shape index (κ3) is 1.66. The number of nitrogens with one attached hydrogen (secondary N) is 1. The summed E-state index contributed by atoms with van der Waals surface area (Å²) in [7, 11) is 0. The molecule has 2 heteroatoms. The molecule has 0 atom stereocenters. The molecule has 0 bridgehead atoms. The van der Waals surface area contributed by atoms with Crippen LogP contribution in [0.1, 0.15) is 32.6 Å². The molecule has 0 heterocycles. The van der Waals surface area contributed by atoms with E-state index in [2.05, 4.69) is 12.3 Å². The van der Waals surface area contributed by atoms with Crippen LogP contribution in [-0.4, -0.2) is 6.04 Å². The van der Waals surface area contributed by atoms with Crippen LogP contribution < -0.4 is 11.3 Å². The predicted molar refractivity (Wildman–Crippen MR) is 38.7 cm³/mol. The Hall–Kier alpha value is -0.0800. The maximum absolute atomic E-state index is 5.24. The topological polar surface area (TPSA) is 38.0 Å². The lowest BCUT2D eigenvalue weighted by Crippen LogP contribution is -2.44. The van der Waals surface area contributed by atoms with Crippen molar-refractivity contribution in [3.8, 4) is 0 Å². The Balaban J connectivity index is 1.98. The van der Waals surface area contributed by atoms with Crippen molar-refractivity contribution in [2.45, 2.75) is 38.6 Å². The second-order valence-electron chi connectivity index (χ2n) is 2.99. The summed E-state index contributed by atoms with van der Waals surface area (Å²) in [6.45, 7) is 2.24. The summed E-state index contributed by atoms with van der Waals surface area (Å²) in [6, 6.07) is 0.626. The van der Waals surface area contributed by atoms with Crippen LogP contribution in [0.4, 0.5) is 0 Å². The van der Waals surface area contributed by atoms with Crippen LogP contribution >= 0.6 is 0 Å². The van der Waals surface area contributed by atoms with E-state index in [0.29, 0.717) is 6.04 Å². The molecule has 1 fully saturated rings. The van der Waals surface area contributed by atoms with Gasteiger partial charge in [0.05, 0.1) is 0 Å². The number of hydrazine groups is 1. The quantitative estimate of drug-likeness (QED) is 0.440. The highest BCUT2D eigenvalue weighted by Gasteiger charge is 2.26. The van der Waals surface area contributed by atoms with Gasteiger partial charge < -0.3 is 0 Å². The van der Waals surface area contributed by atoms with Gasteiger partial charge >= 0.3 is 0 Å². The van der Waals surface area contributed by atoms with Gasteiger partial charge in [-0.05, 0) is 18.8 Å². The van der Waals surface area contributed by atoms with E-state index in [1.54, 1.807) is 0 Å². The summed E-state index contributed by atoms with van der Waals surface area (Å²) in [5.74, 6) is 6.21. The summed E-state index contributed by atoms with van der Waals surface area (Å²) in [5, 5.41) is 0.